The minimum absolute atomic E-state index is 0. The maximum atomic E-state index is 3.41. The first kappa shape index (κ1) is 33.9. The van der Waals surface area contributed by atoms with Gasteiger partial charge in [-0.1, -0.05) is 109 Å². The summed E-state index contributed by atoms with van der Waals surface area (Å²) < 4.78 is 0. The number of hydrogen-bond donors (Lipinski definition) is 0. The van der Waals surface area contributed by atoms with Crippen LogP contribution >= 0.6 is 0 Å². The Balaban J connectivity index is 0. The predicted octanol–water partition coefficient (Wildman–Crippen LogP) is 8.69. The molecule has 170 valence electrons. The fourth-order valence-corrected chi connectivity index (χ4v) is 6.19. The summed E-state index contributed by atoms with van der Waals surface area (Å²) in [5.74, 6) is 14.7. The van der Waals surface area contributed by atoms with Crippen LogP contribution in [0.5, 0.6) is 0 Å². The van der Waals surface area contributed by atoms with Crippen LogP contribution in [0.3, 0.4) is 0 Å². The molecule has 0 spiro atoms. The van der Waals surface area contributed by atoms with Crippen molar-refractivity contribution in [2.24, 2.45) is 0 Å². The Hall–Kier alpha value is 0.708. The summed E-state index contributed by atoms with van der Waals surface area (Å²) in [7, 11) is -2.19. The minimum atomic E-state index is -1.09. The normalized spacial score (nSPS) is 22.3. The molecule has 0 amide bonds. The molecule has 3 heteroatoms. The van der Waals surface area contributed by atoms with Crippen molar-refractivity contribution >= 4 is 16.1 Å². The molecule has 2 aliphatic carbocycles. The van der Waals surface area contributed by atoms with Gasteiger partial charge in [0.2, 0.25) is 0 Å². The molecule has 0 bridgehead atoms. The van der Waals surface area contributed by atoms with E-state index in [9.17, 15) is 0 Å². The largest absolute Gasteiger partial charge is 2.00 e. The SMILES string of the molecule is C[C]1[C](C)[C](C)[C](C)[C]1C.C[C]1[C](C)[C](C)[C](C)[C]1C.C[Si](C)(C)C#C[Si](C)(C)C.[Ti+2]. The van der Waals surface area contributed by atoms with Crippen molar-refractivity contribution in [2.45, 2.75) is 109 Å². The molecule has 0 atom stereocenters. The van der Waals surface area contributed by atoms with E-state index in [4.69, 9.17) is 0 Å². The zero-order valence-corrected chi connectivity index (χ0v) is 27.1. The van der Waals surface area contributed by atoms with Crippen molar-refractivity contribution in [1.29, 1.82) is 0 Å². The maximum Gasteiger partial charge on any atom is 2.00 e. The van der Waals surface area contributed by atoms with Gasteiger partial charge in [0.25, 0.3) is 0 Å². The molecule has 0 aliphatic heterocycles. The third kappa shape index (κ3) is 11.1. The van der Waals surface area contributed by atoms with Crippen LogP contribution in [0.15, 0.2) is 0 Å². The van der Waals surface area contributed by atoms with E-state index in [1.165, 1.54) is 59.2 Å². The summed E-state index contributed by atoms with van der Waals surface area (Å²) in [5, 5.41) is 0. The molecule has 10 radical (unpaired) electrons. The van der Waals surface area contributed by atoms with E-state index < -0.39 is 16.1 Å². The molecule has 31 heavy (non-hydrogen) atoms. The van der Waals surface area contributed by atoms with Crippen LogP contribution in [0, 0.1) is 70.3 Å². The molecular weight excluding hydrogens is 440 g/mol. The van der Waals surface area contributed by atoms with Gasteiger partial charge in [-0.05, 0) is 59.2 Å². The average molecular weight is 489 g/mol. The van der Waals surface area contributed by atoms with Gasteiger partial charge in [-0.2, -0.15) is 0 Å². The van der Waals surface area contributed by atoms with E-state index >= 15 is 0 Å². The Morgan fingerprint density at radius 3 is 0.484 bits per heavy atom. The van der Waals surface area contributed by atoms with E-state index in [1.807, 2.05) is 0 Å². The second kappa shape index (κ2) is 13.6. The Morgan fingerprint density at radius 1 is 0.323 bits per heavy atom. The van der Waals surface area contributed by atoms with Crippen LogP contribution in [-0.4, -0.2) is 16.1 Å². The minimum Gasteiger partial charge on any atom is -0.139 e. The van der Waals surface area contributed by atoms with E-state index in [0.29, 0.717) is 0 Å². The Kier molecular flexibility index (Phi) is 14.8. The molecule has 0 aromatic rings. The van der Waals surface area contributed by atoms with Crippen molar-refractivity contribution in [3.05, 3.63) is 59.2 Å². The summed E-state index contributed by atoms with van der Waals surface area (Å²) in [6.07, 6.45) is 0. The van der Waals surface area contributed by atoms with Crippen molar-refractivity contribution in [1.82, 2.24) is 0 Å². The standard InChI is InChI=1S/2C10H15.C8H18Si2.Ti/c2*1-6-7(2)9(4)10(5)8(6)3;1-9(2,3)7-8-10(4,5)6;/h2*1-5H3;1-6H3;/q;;;+2. The van der Waals surface area contributed by atoms with Crippen LogP contribution < -0.4 is 0 Å². The molecule has 0 aromatic heterocycles. The Morgan fingerprint density at radius 2 is 0.419 bits per heavy atom. The van der Waals surface area contributed by atoms with Gasteiger partial charge in [0.05, 0.1) is 0 Å². The zero-order valence-electron chi connectivity index (χ0n) is 23.5. The van der Waals surface area contributed by atoms with Crippen molar-refractivity contribution in [3.63, 3.8) is 0 Å². The van der Waals surface area contributed by atoms with E-state index in [0.717, 1.165) is 0 Å². The van der Waals surface area contributed by atoms with Gasteiger partial charge in [0, 0.05) is 0 Å². The van der Waals surface area contributed by atoms with Gasteiger partial charge < -0.3 is 0 Å². The van der Waals surface area contributed by atoms with Crippen LogP contribution in [0.2, 0.25) is 39.3 Å². The van der Waals surface area contributed by atoms with E-state index in [2.05, 4.69) is 120 Å². The summed E-state index contributed by atoms with van der Waals surface area (Å²) in [6, 6.07) is 0. The average Bonchev–Trinajstić information content (AvgIpc) is 2.90. The molecule has 0 N–H and O–H groups in total. The molecule has 0 nitrogen and oxygen atoms in total. The van der Waals surface area contributed by atoms with Crippen LogP contribution in [0.4, 0.5) is 0 Å². The van der Waals surface area contributed by atoms with Gasteiger partial charge in [0.1, 0.15) is 16.1 Å². The second-order valence-corrected chi connectivity index (χ2v) is 20.5. The molecule has 2 saturated carbocycles. The molecular formula is C28H48Si2Ti+2. The first-order chi connectivity index (χ1) is 13.3. The van der Waals surface area contributed by atoms with E-state index in [-0.39, 0.29) is 21.7 Å². The smallest absolute Gasteiger partial charge is 0.139 e. The molecule has 0 unspecified atom stereocenters. The van der Waals surface area contributed by atoms with Gasteiger partial charge in [0.15, 0.2) is 0 Å². The fraction of sp³-hybridized carbons (Fsp3) is 0.571. The Labute approximate surface area is 215 Å². The quantitative estimate of drug-likeness (QED) is 0.236. The molecule has 2 aliphatic rings. The summed E-state index contributed by atoms with van der Waals surface area (Å²) >= 11 is 0. The first-order valence-electron chi connectivity index (χ1n) is 11.2. The van der Waals surface area contributed by atoms with Crippen LogP contribution in [0.1, 0.15) is 69.2 Å². The van der Waals surface area contributed by atoms with Gasteiger partial charge in [-0.25, -0.2) is 0 Å². The third-order valence-electron chi connectivity index (χ3n) is 6.44. The number of hydrogen-bond acceptors (Lipinski definition) is 0. The van der Waals surface area contributed by atoms with Gasteiger partial charge in [-0.15, -0.1) is 11.1 Å². The van der Waals surface area contributed by atoms with Gasteiger partial charge >= 0.3 is 21.7 Å². The van der Waals surface area contributed by atoms with Crippen molar-refractivity contribution < 1.29 is 21.7 Å². The summed E-state index contributed by atoms with van der Waals surface area (Å²) in [4.78, 5) is 0. The first-order valence-corrected chi connectivity index (χ1v) is 18.2. The van der Waals surface area contributed by atoms with Crippen molar-refractivity contribution in [3.8, 4) is 11.1 Å². The monoisotopic (exact) mass is 488 g/mol. The Bertz CT molecular complexity index is 425. The molecule has 2 rings (SSSR count). The molecule has 0 heterocycles. The van der Waals surface area contributed by atoms with Crippen molar-refractivity contribution in [2.75, 3.05) is 0 Å². The molecule has 0 saturated heterocycles. The van der Waals surface area contributed by atoms with Crippen LogP contribution in [-0.2, 0) is 21.7 Å². The third-order valence-corrected chi connectivity index (χ3v) is 8.44. The van der Waals surface area contributed by atoms with Gasteiger partial charge in [-0.3, -0.25) is 0 Å². The van der Waals surface area contributed by atoms with Crippen LogP contribution in [0.25, 0.3) is 0 Å². The van der Waals surface area contributed by atoms with E-state index in [1.54, 1.807) is 0 Å². The number of rotatable bonds is 0. The maximum absolute atomic E-state index is 3.41. The molecule has 0 aromatic carbocycles. The topological polar surface area (TPSA) is 0 Å². The predicted molar refractivity (Wildman–Crippen MR) is 144 cm³/mol. The second-order valence-electron chi connectivity index (χ2n) is 11.0. The summed E-state index contributed by atoms with van der Waals surface area (Å²) in [5.41, 5.74) is 6.82. The zero-order chi connectivity index (χ0) is 24.2. The summed E-state index contributed by atoms with van der Waals surface area (Å²) in [6.45, 7) is 35.7. The fourth-order valence-electron chi connectivity index (χ4n) is 3.19. The molecule has 2 fully saturated rings.